The molecule has 0 saturated heterocycles. The van der Waals surface area contributed by atoms with Gasteiger partial charge in [0.25, 0.3) is 7.82 Å². The van der Waals surface area contributed by atoms with Crippen molar-refractivity contribution >= 4 is 13.7 Å². The van der Waals surface area contributed by atoms with Gasteiger partial charge in [-0.15, -0.1) is 0 Å². The lowest BCUT2D eigenvalue weighted by Crippen LogP contribution is -2.45. The number of quaternary nitrogens is 1. The number of carbonyl (C=O) groups excluding carboxylic acids is 1. The van der Waals surface area contributed by atoms with E-state index in [1.165, 1.54) is 263 Å². The highest BCUT2D eigenvalue weighted by molar-refractivity contribution is 7.45. The molecule has 0 bridgehead atoms. The van der Waals surface area contributed by atoms with Crippen LogP contribution >= 0.6 is 7.82 Å². The van der Waals surface area contributed by atoms with Gasteiger partial charge in [0.15, 0.2) is 0 Å². The third-order valence-electron chi connectivity index (χ3n) is 15.5. The Morgan fingerprint density at radius 2 is 0.744 bits per heavy atom. The monoisotopic (exact) mass is 1120 g/mol. The van der Waals surface area contributed by atoms with E-state index in [-0.39, 0.29) is 19.1 Å². The summed E-state index contributed by atoms with van der Waals surface area (Å²) in [6.45, 7) is 4.68. The van der Waals surface area contributed by atoms with E-state index in [1.807, 2.05) is 27.2 Å². The first-order valence-corrected chi connectivity index (χ1v) is 35.5. The number of nitrogens with zero attached hydrogens (tertiary/aromatic N) is 1. The summed E-state index contributed by atoms with van der Waals surface area (Å²) in [6.07, 6.45) is 80.8. The van der Waals surface area contributed by atoms with Gasteiger partial charge < -0.3 is 28.8 Å². The zero-order valence-electron chi connectivity index (χ0n) is 52.6. The molecule has 0 radical (unpaired) electrons. The number of hydrogen-bond donors (Lipinski definition) is 2. The van der Waals surface area contributed by atoms with Crippen LogP contribution < -0.4 is 10.2 Å². The zero-order chi connectivity index (χ0) is 57.0. The van der Waals surface area contributed by atoms with E-state index in [1.54, 1.807) is 6.08 Å². The molecule has 0 aromatic carbocycles. The number of allylic oxidation sites excluding steroid dienone is 7. The predicted molar refractivity (Wildman–Crippen MR) is 339 cm³/mol. The highest BCUT2D eigenvalue weighted by Gasteiger charge is 2.23. The molecule has 0 heterocycles. The number of likely N-dealkylation sites (N-methyl/N-ethyl adjacent to an activating group) is 1. The molecule has 2 N–H and O–H groups in total. The summed E-state index contributed by atoms with van der Waals surface area (Å²) < 4.78 is 23.4. The Morgan fingerprint density at radius 3 is 1.08 bits per heavy atom. The van der Waals surface area contributed by atoms with Gasteiger partial charge in [-0.2, -0.15) is 0 Å². The van der Waals surface area contributed by atoms with E-state index in [0.717, 1.165) is 51.4 Å². The first-order chi connectivity index (χ1) is 38.0. The lowest BCUT2D eigenvalue weighted by atomic mass is 10.0. The fraction of sp³-hybridized carbons (Fsp3) is 0.870. The molecule has 0 aliphatic rings. The Hall–Kier alpha value is -1.54. The van der Waals surface area contributed by atoms with Crippen molar-refractivity contribution in [3.63, 3.8) is 0 Å². The van der Waals surface area contributed by atoms with Gasteiger partial charge >= 0.3 is 0 Å². The molecule has 460 valence electrons. The summed E-state index contributed by atoms with van der Waals surface area (Å²) in [5.41, 5.74) is 0. The van der Waals surface area contributed by atoms with Crippen molar-refractivity contribution in [1.82, 2.24) is 5.32 Å². The second-order valence-corrected chi connectivity index (χ2v) is 25.9. The number of phosphoric ester groups is 1. The molecule has 0 aromatic rings. The minimum absolute atomic E-state index is 0.000367. The first-order valence-electron chi connectivity index (χ1n) is 34.0. The molecule has 0 fully saturated rings. The van der Waals surface area contributed by atoms with Crippen molar-refractivity contribution in [2.75, 3.05) is 40.9 Å². The largest absolute Gasteiger partial charge is 0.756 e. The van der Waals surface area contributed by atoms with Crippen LogP contribution in [0.3, 0.4) is 0 Å². The van der Waals surface area contributed by atoms with Crippen molar-refractivity contribution < 1.29 is 32.9 Å². The molecule has 0 rings (SSSR count). The van der Waals surface area contributed by atoms with Gasteiger partial charge in [0, 0.05) is 6.42 Å². The van der Waals surface area contributed by atoms with Gasteiger partial charge in [0.05, 0.1) is 39.9 Å². The van der Waals surface area contributed by atoms with Crippen LogP contribution in [0.4, 0.5) is 0 Å². The van der Waals surface area contributed by atoms with Gasteiger partial charge in [-0.25, -0.2) is 0 Å². The van der Waals surface area contributed by atoms with Crippen molar-refractivity contribution in [2.24, 2.45) is 0 Å². The average Bonchev–Trinajstić information content (AvgIpc) is 3.41. The molecule has 0 spiro atoms. The van der Waals surface area contributed by atoms with Crippen LogP contribution in [0.25, 0.3) is 0 Å². The highest BCUT2D eigenvalue weighted by Crippen LogP contribution is 2.38. The first kappa shape index (κ1) is 76.5. The number of hydrogen-bond acceptors (Lipinski definition) is 6. The van der Waals surface area contributed by atoms with Gasteiger partial charge in [-0.05, 0) is 57.8 Å². The molecule has 9 heteroatoms. The smallest absolute Gasteiger partial charge is 0.268 e. The Kier molecular flexibility index (Phi) is 58.9. The standard InChI is InChI=1S/C69H133N2O6P/c1-6-8-10-12-14-16-18-20-22-24-26-28-29-30-31-32-33-34-35-36-37-38-39-40-41-43-45-47-49-51-53-55-57-59-61-63-69(73)70-67(66-77-78(74,75)76-65-64-71(3,4)5)68(72)62-60-58-56-54-52-50-48-46-44-42-27-25-23-21-19-17-15-13-11-9-7-2/h18,20,24,26,29-30,60,62,67-68,72H,6-17,19,21-23,25,27-28,31-59,61,63-66H2,1-5H3,(H-,70,73,74,75)/b20-18-,26-24-,30-29-,62-60+. The van der Waals surface area contributed by atoms with Crippen molar-refractivity contribution in [2.45, 2.75) is 347 Å². The summed E-state index contributed by atoms with van der Waals surface area (Å²) in [6, 6.07) is -0.887. The Labute approximate surface area is 486 Å². The SMILES string of the molecule is CCCCCCC/C=C\C/C=C\C/C=C\CCCCCCCCCCCCCCCCCCCCCCC(=O)NC(COP(=O)([O-])OCC[N+](C)(C)C)C(O)/C=C/CCCCCCCCCCCCCCCCCCCCC. The van der Waals surface area contributed by atoms with Gasteiger partial charge in [0.1, 0.15) is 13.2 Å². The number of amides is 1. The average molecular weight is 1120 g/mol. The molecule has 0 saturated carbocycles. The van der Waals surface area contributed by atoms with E-state index in [0.29, 0.717) is 17.4 Å². The predicted octanol–water partition coefficient (Wildman–Crippen LogP) is 20.8. The van der Waals surface area contributed by atoms with Crippen LogP contribution in [0.1, 0.15) is 335 Å². The quantitative estimate of drug-likeness (QED) is 0.0272. The second kappa shape index (κ2) is 60.1. The molecule has 3 atom stereocenters. The van der Waals surface area contributed by atoms with Crippen LogP contribution in [0, 0.1) is 0 Å². The molecule has 78 heavy (non-hydrogen) atoms. The summed E-state index contributed by atoms with van der Waals surface area (Å²) in [7, 11) is 1.27. The van der Waals surface area contributed by atoms with E-state index in [4.69, 9.17) is 9.05 Å². The summed E-state index contributed by atoms with van der Waals surface area (Å²) in [4.78, 5) is 25.6. The highest BCUT2D eigenvalue weighted by atomic mass is 31.2. The molecule has 0 aliphatic carbocycles. The molecule has 3 unspecified atom stereocenters. The number of aliphatic hydroxyl groups is 1. The Balaban J connectivity index is 4.02. The molecule has 0 aliphatic heterocycles. The molecular formula is C69H133N2O6P. The number of aliphatic hydroxyl groups excluding tert-OH is 1. The number of rotatable bonds is 63. The van der Waals surface area contributed by atoms with Gasteiger partial charge in [-0.1, -0.05) is 319 Å². The lowest BCUT2D eigenvalue weighted by Gasteiger charge is -2.29. The number of nitrogens with one attached hydrogen (secondary N) is 1. The third kappa shape index (κ3) is 62.1. The maximum Gasteiger partial charge on any atom is 0.268 e. The second-order valence-electron chi connectivity index (χ2n) is 24.5. The minimum atomic E-state index is -4.60. The summed E-state index contributed by atoms with van der Waals surface area (Å²) >= 11 is 0. The normalized spacial score (nSPS) is 14.0. The molecular weight excluding hydrogens is 984 g/mol. The van der Waals surface area contributed by atoms with E-state index < -0.39 is 20.0 Å². The van der Waals surface area contributed by atoms with Crippen LogP contribution in [0.2, 0.25) is 0 Å². The Morgan fingerprint density at radius 1 is 0.449 bits per heavy atom. The number of phosphoric acid groups is 1. The summed E-state index contributed by atoms with van der Waals surface area (Å²) in [5.74, 6) is -0.191. The van der Waals surface area contributed by atoms with E-state index in [2.05, 4.69) is 55.6 Å². The van der Waals surface area contributed by atoms with E-state index in [9.17, 15) is 19.4 Å². The van der Waals surface area contributed by atoms with Gasteiger partial charge in [-0.3, -0.25) is 9.36 Å². The fourth-order valence-corrected chi connectivity index (χ4v) is 10.9. The zero-order valence-corrected chi connectivity index (χ0v) is 53.5. The molecule has 8 nitrogen and oxygen atoms in total. The summed E-state index contributed by atoms with van der Waals surface area (Å²) in [5, 5.41) is 13.9. The van der Waals surface area contributed by atoms with E-state index >= 15 is 0 Å². The van der Waals surface area contributed by atoms with Gasteiger partial charge in [0.2, 0.25) is 5.91 Å². The Bertz CT molecular complexity index is 1410. The minimum Gasteiger partial charge on any atom is -0.756 e. The molecule has 0 aromatic heterocycles. The number of unbranched alkanes of at least 4 members (excludes halogenated alkanes) is 44. The topological polar surface area (TPSA) is 108 Å². The van der Waals surface area contributed by atoms with Crippen LogP contribution in [0.5, 0.6) is 0 Å². The fourth-order valence-electron chi connectivity index (χ4n) is 10.2. The van der Waals surface area contributed by atoms with Crippen LogP contribution in [-0.2, 0) is 18.4 Å². The lowest BCUT2D eigenvalue weighted by molar-refractivity contribution is -0.870. The maximum atomic E-state index is 13.0. The van der Waals surface area contributed by atoms with Crippen molar-refractivity contribution in [3.8, 4) is 0 Å². The third-order valence-corrected chi connectivity index (χ3v) is 16.5. The number of carbonyl (C=O) groups is 1. The van der Waals surface area contributed by atoms with Crippen molar-refractivity contribution in [3.05, 3.63) is 48.6 Å². The van der Waals surface area contributed by atoms with Crippen LogP contribution in [-0.4, -0.2) is 68.5 Å². The maximum absolute atomic E-state index is 13.0. The van der Waals surface area contributed by atoms with Crippen LogP contribution in [0.15, 0.2) is 48.6 Å². The molecule has 1 amide bonds. The van der Waals surface area contributed by atoms with Crippen molar-refractivity contribution in [1.29, 1.82) is 0 Å².